The number of nitrogens with zero attached hydrogens (tertiary/aromatic N) is 1. The quantitative estimate of drug-likeness (QED) is 0.312. The summed E-state index contributed by atoms with van der Waals surface area (Å²) in [6, 6.07) is -0.819. The number of carboxylic acids is 2. The average molecular weight is 248 g/mol. The summed E-state index contributed by atoms with van der Waals surface area (Å²) in [5.41, 5.74) is 10.5. The summed E-state index contributed by atoms with van der Waals surface area (Å²) in [5.74, 6) is -1.85. The Morgan fingerprint density at radius 2 is 1.82 bits per heavy atom. The van der Waals surface area contributed by atoms with Crippen molar-refractivity contribution in [3.8, 4) is 0 Å². The van der Waals surface area contributed by atoms with E-state index in [2.05, 4.69) is 0 Å². The summed E-state index contributed by atoms with van der Waals surface area (Å²) in [4.78, 5) is 20.8. The fourth-order valence-corrected chi connectivity index (χ4v) is 0.792. The number of carboxylic acid groups (broad SMARTS) is 2. The van der Waals surface area contributed by atoms with E-state index in [9.17, 15) is 4.79 Å². The van der Waals surface area contributed by atoms with Crippen LogP contribution in [0.25, 0.3) is 0 Å². The SMILES string of the molecule is CC(=O)O.CN(CCC[C@H](N)C(=O)O)C(=N)N. The van der Waals surface area contributed by atoms with Gasteiger partial charge in [0.15, 0.2) is 5.96 Å². The predicted molar refractivity (Wildman–Crippen MR) is 62.7 cm³/mol. The molecule has 8 nitrogen and oxygen atoms in total. The highest BCUT2D eigenvalue weighted by molar-refractivity contribution is 5.74. The summed E-state index contributed by atoms with van der Waals surface area (Å²) in [7, 11) is 1.68. The summed E-state index contributed by atoms with van der Waals surface area (Å²) < 4.78 is 0. The first kappa shape index (κ1) is 17.6. The molecular weight excluding hydrogens is 228 g/mol. The zero-order chi connectivity index (χ0) is 14.0. The molecule has 0 unspecified atom stereocenters. The lowest BCUT2D eigenvalue weighted by atomic mass is 10.1. The Kier molecular flexibility index (Phi) is 9.71. The maximum Gasteiger partial charge on any atom is 0.320 e. The second kappa shape index (κ2) is 9.40. The van der Waals surface area contributed by atoms with Gasteiger partial charge in [-0.2, -0.15) is 0 Å². The number of rotatable bonds is 5. The van der Waals surface area contributed by atoms with Crippen LogP contribution in [0.4, 0.5) is 0 Å². The van der Waals surface area contributed by atoms with Gasteiger partial charge in [0.1, 0.15) is 6.04 Å². The first-order chi connectivity index (χ1) is 7.68. The average Bonchev–Trinajstić information content (AvgIpc) is 2.15. The second-order valence-corrected chi connectivity index (χ2v) is 3.41. The molecule has 0 aliphatic carbocycles. The second-order valence-electron chi connectivity index (χ2n) is 3.41. The molecule has 0 aliphatic heterocycles. The number of guanidine groups is 1. The Hall–Kier alpha value is -1.83. The lowest BCUT2D eigenvalue weighted by molar-refractivity contribution is -0.138. The van der Waals surface area contributed by atoms with Gasteiger partial charge in [-0.25, -0.2) is 0 Å². The third-order valence-corrected chi connectivity index (χ3v) is 1.74. The summed E-state index contributed by atoms with van der Waals surface area (Å²) in [6.07, 6.45) is 1.01. The topological polar surface area (TPSA) is 154 Å². The fourth-order valence-electron chi connectivity index (χ4n) is 0.792. The van der Waals surface area contributed by atoms with E-state index >= 15 is 0 Å². The molecule has 100 valence electrons. The van der Waals surface area contributed by atoms with Crippen LogP contribution < -0.4 is 11.5 Å². The highest BCUT2D eigenvalue weighted by Crippen LogP contribution is 1.96. The van der Waals surface area contributed by atoms with Crippen molar-refractivity contribution in [3.63, 3.8) is 0 Å². The molecule has 0 radical (unpaired) electrons. The van der Waals surface area contributed by atoms with Gasteiger partial charge in [0.2, 0.25) is 0 Å². The van der Waals surface area contributed by atoms with Crippen LogP contribution in [-0.4, -0.2) is 52.6 Å². The summed E-state index contributed by atoms with van der Waals surface area (Å²) >= 11 is 0. The lowest BCUT2D eigenvalue weighted by Crippen LogP contribution is -2.35. The molecule has 0 saturated heterocycles. The Balaban J connectivity index is 0. The minimum absolute atomic E-state index is 0.0242. The van der Waals surface area contributed by atoms with Gasteiger partial charge >= 0.3 is 5.97 Å². The van der Waals surface area contributed by atoms with Crippen molar-refractivity contribution in [1.82, 2.24) is 4.90 Å². The largest absolute Gasteiger partial charge is 0.481 e. The standard InChI is InChI=1S/C7H16N4O2.C2H4O2/c1-11(7(9)10)4-2-3-5(8)6(12)13;1-2(3)4/h5H,2-4,8H2,1H3,(H3,9,10)(H,12,13);1H3,(H,3,4)/t5-;/m0./s1. The van der Waals surface area contributed by atoms with Crippen LogP contribution in [0.3, 0.4) is 0 Å². The number of aliphatic carboxylic acids is 2. The van der Waals surface area contributed by atoms with E-state index in [1.807, 2.05) is 0 Å². The molecule has 0 aliphatic rings. The normalized spacial score (nSPS) is 10.8. The van der Waals surface area contributed by atoms with E-state index in [1.165, 1.54) is 4.90 Å². The molecular formula is C9H20N4O4. The van der Waals surface area contributed by atoms with Crippen LogP contribution >= 0.6 is 0 Å². The first-order valence-corrected chi connectivity index (χ1v) is 4.91. The molecule has 0 spiro atoms. The van der Waals surface area contributed by atoms with Crippen molar-refractivity contribution in [1.29, 1.82) is 5.41 Å². The van der Waals surface area contributed by atoms with Crippen molar-refractivity contribution in [2.75, 3.05) is 13.6 Å². The predicted octanol–water partition coefficient (Wildman–Crippen LogP) is -0.905. The Bertz CT molecular complexity index is 246. The van der Waals surface area contributed by atoms with Crippen molar-refractivity contribution in [3.05, 3.63) is 0 Å². The Labute approximate surface area is 99.7 Å². The van der Waals surface area contributed by atoms with E-state index in [0.29, 0.717) is 19.4 Å². The fraction of sp³-hybridized carbons (Fsp3) is 0.667. The highest BCUT2D eigenvalue weighted by atomic mass is 16.4. The molecule has 0 fully saturated rings. The molecule has 0 heterocycles. The van der Waals surface area contributed by atoms with Gasteiger partial charge < -0.3 is 26.6 Å². The molecule has 0 aromatic carbocycles. The van der Waals surface area contributed by atoms with Crippen LogP contribution in [0, 0.1) is 5.41 Å². The number of nitrogens with one attached hydrogen (secondary N) is 1. The van der Waals surface area contributed by atoms with Crippen molar-refractivity contribution < 1.29 is 19.8 Å². The molecule has 1 atom stereocenters. The van der Waals surface area contributed by atoms with Crippen LogP contribution in [0.1, 0.15) is 19.8 Å². The molecule has 0 aromatic rings. The zero-order valence-electron chi connectivity index (χ0n) is 10.0. The van der Waals surface area contributed by atoms with Gasteiger partial charge in [0, 0.05) is 20.5 Å². The van der Waals surface area contributed by atoms with Crippen molar-refractivity contribution >= 4 is 17.9 Å². The van der Waals surface area contributed by atoms with E-state index in [4.69, 9.17) is 31.9 Å². The van der Waals surface area contributed by atoms with Gasteiger partial charge in [0.05, 0.1) is 0 Å². The Morgan fingerprint density at radius 1 is 1.41 bits per heavy atom. The third-order valence-electron chi connectivity index (χ3n) is 1.74. The molecule has 17 heavy (non-hydrogen) atoms. The number of carbonyl (C=O) groups is 2. The minimum Gasteiger partial charge on any atom is -0.481 e. The zero-order valence-corrected chi connectivity index (χ0v) is 10.0. The van der Waals surface area contributed by atoms with Gasteiger partial charge in [-0.1, -0.05) is 0 Å². The molecule has 7 N–H and O–H groups in total. The summed E-state index contributed by atoms with van der Waals surface area (Å²) in [6.45, 7) is 1.64. The van der Waals surface area contributed by atoms with E-state index in [1.54, 1.807) is 7.05 Å². The van der Waals surface area contributed by atoms with Crippen LogP contribution in [-0.2, 0) is 9.59 Å². The molecule has 8 heteroatoms. The molecule has 0 saturated carbocycles. The van der Waals surface area contributed by atoms with Gasteiger partial charge in [-0.05, 0) is 12.8 Å². The molecule has 0 aromatic heterocycles. The van der Waals surface area contributed by atoms with E-state index < -0.39 is 18.0 Å². The minimum atomic E-state index is -0.995. The van der Waals surface area contributed by atoms with Crippen LogP contribution in [0.2, 0.25) is 0 Å². The van der Waals surface area contributed by atoms with Crippen LogP contribution in [0.15, 0.2) is 0 Å². The number of hydrogen-bond acceptors (Lipinski definition) is 4. The lowest BCUT2D eigenvalue weighted by Gasteiger charge is -2.16. The van der Waals surface area contributed by atoms with Crippen LogP contribution in [0.5, 0.6) is 0 Å². The van der Waals surface area contributed by atoms with Crippen molar-refractivity contribution in [2.24, 2.45) is 11.5 Å². The Morgan fingerprint density at radius 3 is 2.12 bits per heavy atom. The molecule has 0 amide bonds. The van der Waals surface area contributed by atoms with Gasteiger partial charge in [0.25, 0.3) is 5.97 Å². The van der Waals surface area contributed by atoms with E-state index in [0.717, 1.165) is 6.92 Å². The smallest absolute Gasteiger partial charge is 0.320 e. The maximum absolute atomic E-state index is 10.3. The number of hydrogen-bond donors (Lipinski definition) is 5. The van der Waals surface area contributed by atoms with Gasteiger partial charge in [-0.15, -0.1) is 0 Å². The van der Waals surface area contributed by atoms with E-state index in [-0.39, 0.29) is 5.96 Å². The first-order valence-electron chi connectivity index (χ1n) is 4.91. The molecule has 0 bridgehead atoms. The van der Waals surface area contributed by atoms with Crippen molar-refractivity contribution in [2.45, 2.75) is 25.8 Å². The monoisotopic (exact) mass is 248 g/mol. The third kappa shape index (κ3) is 14.2. The highest BCUT2D eigenvalue weighted by Gasteiger charge is 2.10. The molecule has 0 rings (SSSR count). The van der Waals surface area contributed by atoms with Gasteiger partial charge in [-0.3, -0.25) is 15.0 Å². The summed E-state index contributed by atoms with van der Waals surface area (Å²) in [5, 5.41) is 22.9. The maximum atomic E-state index is 10.3. The number of nitrogens with two attached hydrogens (primary N) is 2.